The summed E-state index contributed by atoms with van der Waals surface area (Å²) in [6.07, 6.45) is -0.514. The summed E-state index contributed by atoms with van der Waals surface area (Å²) in [5, 5.41) is 12.3. The molecule has 1 unspecified atom stereocenters. The molecule has 2 rings (SSSR count). The Morgan fingerprint density at radius 1 is 1.35 bits per heavy atom. The van der Waals surface area contributed by atoms with Crippen LogP contribution in [0.15, 0.2) is 41.8 Å². The lowest BCUT2D eigenvalue weighted by atomic mass is 10.1. The topological polar surface area (TPSA) is 49.5 Å². The molecule has 0 saturated carbocycles. The number of aliphatic hydroxyl groups is 1. The van der Waals surface area contributed by atoms with Crippen LogP contribution in [0.4, 0.5) is 0 Å². The molecule has 1 atom stereocenters. The van der Waals surface area contributed by atoms with Crippen molar-refractivity contribution in [2.75, 3.05) is 13.6 Å². The first-order chi connectivity index (χ1) is 9.56. The Morgan fingerprint density at radius 3 is 2.60 bits per heavy atom. The number of nitrogens with zero attached hydrogens (tertiary/aromatic N) is 1. The fraction of sp³-hybridized carbons (Fsp3) is 0.267. The van der Waals surface area contributed by atoms with Gasteiger partial charge in [0.15, 0.2) is 0 Å². The molecule has 0 amide bonds. The maximum Gasteiger partial charge on any atom is 0.103 e. The number of benzene rings is 1. The summed E-state index contributed by atoms with van der Waals surface area (Å²) in [7, 11) is 2.01. The predicted molar refractivity (Wildman–Crippen MR) is 87.9 cm³/mol. The van der Waals surface area contributed by atoms with Gasteiger partial charge in [0.05, 0.1) is 6.10 Å². The SMILES string of the molecule is CN(Cc1cccs1)CC(O)c1ccc(C(N)=S)cc1. The monoisotopic (exact) mass is 306 g/mol. The van der Waals surface area contributed by atoms with Crippen LogP contribution in [0.5, 0.6) is 0 Å². The first-order valence-electron chi connectivity index (χ1n) is 6.35. The molecule has 20 heavy (non-hydrogen) atoms. The number of likely N-dealkylation sites (N-methyl/N-ethyl adjacent to an activating group) is 1. The lowest BCUT2D eigenvalue weighted by molar-refractivity contribution is 0.124. The van der Waals surface area contributed by atoms with E-state index >= 15 is 0 Å². The quantitative estimate of drug-likeness (QED) is 0.805. The van der Waals surface area contributed by atoms with E-state index in [9.17, 15) is 5.11 Å². The summed E-state index contributed by atoms with van der Waals surface area (Å²) >= 11 is 6.64. The average molecular weight is 306 g/mol. The van der Waals surface area contributed by atoms with Gasteiger partial charge in [0.2, 0.25) is 0 Å². The molecule has 1 aromatic carbocycles. The van der Waals surface area contributed by atoms with Gasteiger partial charge >= 0.3 is 0 Å². The van der Waals surface area contributed by atoms with Crippen molar-refractivity contribution in [3.8, 4) is 0 Å². The van der Waals surface area contributed by atoms with Crippen LogP contribution < -0.4 is 5.73 Å². The highest BCUT2D eigenvalue weighted by Gasteiger charge is 2.11. The summed E-state index contributed by atoms with van der Waals surface area (Å²) in [5.41, 5.74) is 7.26. The molecule has 0 radical (unpaired) electrons. The van der Waals surface area contributed by atoms with Crippen molar-refractivity contribution in [1.82, 2.24) is 4.90 Å². The van der Waals surface area contributed by atoms with Crippen LogP contribution in [-0.2, 0) is 6.54 Å². The van der Waals surface area contributed by atoms with Gasteiger partial charge in [0, 0.05) is 23.5 Å². The van der Waals surface area contributed by atoms with Crippen LogP contribution in [0.2, 0.25) is 0 Å². The van der Waals surface area contributed by atoms with E-state index in [4.69, 9.17) is 18.0 Å². The summed E-state index contributed by atoms with van der Waals surface area (Å²) in [4.78, 5) is 3.78. The molecule has 106 valence electrons. The second-order valence-electron chi connectivity index (χ2n) is 4.78. The van der Waals surface area contributed by atoms with Gasteiger partial charge in [-0.15, -0.1) is 11.3 Å². The normalized spacial score (nSPS) is 12.6. The van der Waals surface area contributed by atoms with Gasteiger partial charge in [-0.2, -0.15) is 0 Å². The largest absolute Gasteiger partial charge is 0.389 e. The Hall–Kier alpha value is -1.27. The molecular formula is C15H18N2OS2. The summed E-state index contributed by atoms with van der Waals surface area (Å²) in [6, 6.07) is 11.6. The van der Waals surface area contributed by atoms with E-state index < -0.39 is 6.10 Å². The van der Waals surface area contributed by atoms with Crippen LogP contribution in [0.1, 0.15) is 22.1 Å². The fourth-order valence-corrected chi connectivity index (χ4v) is 2.92. The number of rotatable bonds is 6. The zero-order chi connectivity index (χ0) is 14.5. The second kappa shape index (κ2) is 6.95. The molecule has 3 N–H and O–H groups in total. The van der Waals surface area contributed by atoms with Crippen LogP contribution >= 0.6 is 23.6 Å². The van der Waals surface area contributed by atoms with E-state index in [0.29, 0.717) is 11.5 Å². The first kappa shape index (κ1) is 15.1. The zero-order valence-corrected chi connectivity index (χ0v) is 13.0. The van der Waals surface area contributed by atoms with E-state index in [1.807, 2.05) is 37.4 Å². The standard InChI is InChI=1S/C15H18N2OS2/c1-17(9-13-3-2-8-20-13)10-14(18)11-4-6-12(7-5-11)15(16)19/h2-8,14,18H,9-10H2,1H3,(H2,16,19). The van der Waals surface area contributed by atoms with Crippen LogP contribution in [0, 0.1) is 0 Å². The van der Waals surface area contributed by atoms with Crippen molar-refractivity contribution < 1.29 is 5.11 Å². The molecule has 0 bridgehead atoms. The van der Waals surface area contributed by atoms with E-state index in [1.54, 1.807) is 11.3 Å². The molecule has 0 spiro atoms. The minimum atomic E-state index is -0.514. The molecule has 0 fully saturated rings. The van der Waals surface area contributed by atoms with E-state index in [-0.39, 0.29) is 0 Å². The molecule has 1 heterocycles. The smallest absolute Gasteiger partial charge is 0.103 e. The van der Waals surface area contributed by atoms with Crippen LogP contribution in [0.25, 0.3) is 0 Å². The van der Waals surface area contributed by atoms with Crippen molar-refractivity contribution in [2.45, 2.75) is 12.6 Å². The highest BCUT2D eigenvalue weighted by Crippen LogP contribution is 2.17. The molecule has 0 aliphatic carbocycles. The molecule has 0 aliphatic heterocycles. The Kier molecular flexibility index (Phi) is 5.25. The average Bonchev–Trinajstić information content (AvgIpc) is 2.91. The Morgan fingerprint density at radius 2 is 2.05 bits per heavy atom. The van der Waals surface area contributed by atoms with Gasteiger partial charge in [-0.25, -0.2) is 0 Å². The Bertz CT molecular complexity index is 552. The summed E-state index contributed by atoms with van der Waals surface area (Å²) in [6.45, 7) is 1.43. The van der Waals surface area contributed by atoms with Crippen molar-refractivity contribution in [3.05, 3.63) is 57.8 Å². The third kappa shape index (κ3) is 4.11. The minimum Gasteiger partial charge on any atom is -0.389 e. The maximum atomic E-state index is 10.2. The van der Waals surface area contributed by atoms with Gasteiger partial charge in [-0.05, 0) is 24.1 Å². The number of aliphatic hydroxyl groups excluding tert-OH is 1. The van der Waals surface area contributed by atoms with Gasteiger partial charge in [0.25, 0.3) is 0 Å². The highest BCUT2D eigenvalue weighted by atomic mass is 32.1. The second-order valence-corrected chi connectivity index (χ2v) is 6.25. The van der Waals surface area contributed by atoms with E-state index in [0.717, 1.165) is 17.7 Å². The predicted octanol–water partition coefficient (Wildman–Crippen LogP) is 2.55. The van der Waals surface area contributed by atoms with Crippen molar-refractivity contribution in [3.63, 3.8) is 0 Å². The number of thiocarbonyl (C=S) groups is 1. The van der Waals surface area contributed by atoms with Gasteiger partial charge in [-0.1, -0.05) is 42.5 Å². The van der Waals surface area contributed by atoms with Gasteiger partial charge < -0.3 is 10.8 Å². The van der Waals surface area contributed by atoms with Gasteiger partial charge in [-0.3, -0.25) is 4.90 Å². The molecule has 0 aliphatic rings. The number of hydrogen-bond donors (Lipinski definition) is 2. The molecule has 3 nitrogen and oxygen atoms in total. The number of nitrogens with two attached hydrogens (primary N) is 1. The van der Waals surface area contributed by atoms with Crippen molar-refractivity contribution in [2.24, 2.45) is 5.73 Å². The first-order valence-corrected chi connectivity index (χ1v) is 7.64. The third-order valence-electron chi connectivity index (χ3n) is 3.07. The fourth-order valence-electron chi connectivity index (χ4n) is 2.00. The number of hydrogen-bond acceptors (Lipinski definition) is 4. The zero-order valence-electron chi connectivity index (χ0n) is 11.3. The number of thiophene rings is 1. The van der Waals surface area contributed by atoms with E-state index in [2.05, 4.69) is 16.3 Å². The van der Waals surface area contributed by atoms with Crippen LogP contribution in [0.3, 0.4) is 0 Å². The summed E-state index contributed by atoms with van der Waals surface area (Å²) < 4.78 is 0. The highest BCUT2D eigenvalue weighted by molar-refractivity contribution is 7.80. The Labute approximate surface area is 128 Å². The van der Waals surface area contributed by atoms with Crippen molar-refractivity contribution in [1.29, 1.82) is 0 Å². The molecule has 2 aromatic rings. The van der Waals surface area contributed by atoms with Crippen molar-refractivity contribution >= 4 is 28.5 Å². The Balaban J connectivity index is 1.93. The molecular weight excluding hydrogens is 288 g/mol. The molecule has 1 aromatic heterocycles. The summed E-state index contributed by atoms with van der Waals surface area (Å²) in [5.74, 6) is 0. The molecule has 0 saturated heterocycles. The molecule has 5 heteroatoms. The van der Waals surface area contributed by atoms with Crippen LogP contribution in [-0.4, -0.2) is 28.6 Å². The lowest BCUT2D eigenvalue weighted by Gasteiger charge is -2.20. The third-order valence-corrected chi connectivity index (χ3v) is 4.17. The lowest BCUT2D eigenvalue weighted by Crippen LogP contribution is -2.23. The minimum absolute atomic E-state index is 0.376. The van der Waals surface area contributed by atoms with E-state index in [1.165, 1.54) is 4.88 Å². The maximum absolute atomic E-state index is 10.2. The van der Waals surface area contributed by atoms with Gasteiger partial charge in [0.1, 0.15) is 4.99 Å².